The van der Waals surface area contributed by atoms with Crippen LogP contribution in [0.2, 0.25) is 0 Å². The second-order valence-electron chi connectivity index (χ2n) is 8.29. The summed E-state index contributed by atoms with van der Waals surface area (Å²) in [5.41, 5.74) is 3.31. The van der Waals surface area contributed by atoms with Crippen LogP contribution in [0.5, 0.6) is 0 Å². The number of rotatable bonds is 4. The number of hydrogen-bond acceptors (Lipinski definition) is 7. The molecule has 6 rings (SSSR count). The SMILES string of the molecule is Cc1cc(-c2nnc(C(=O)N3CCc4[nH]cnc4[C@@H]3c3cc4c(C(F)F)cccn4n3)o2)nn1C. The van der Waals surface area contributed by atoms with Gasteiger partial charge in [0.1, 0.15) is 11.7 Å². The van der Waals surface area contributed by atoms with E-state index >= 15 is 0 Å². The fourth-order valence-corrected chi connectivity index (χ4v) is 4.37. The number of carbonyl (C=O) groups is 1. The van der Waals surface area contributed by atoms with E-state index in [4.69, 9.17) is 4.42 Å². The van der Waals surface area contributed by atoms with Gasteiger partial charge in [0.2, 0.25) is 0 Å². The van der Waals surface area contributed by atoms with Crippen molar-refractivity contribution in [3.63, 3.8) is 0 Å². The summed E-state index contributed by atoms with van der Waals surface area (Å²) in [4.78, 5) is 22.6. The van der Waals surface area contributed by atoms with Crippen molar-refractivity contribution < 1.29 is 18.0 Å². The van der Waals surface area contributed by atoms with Crippen LogP contribution in [0.4, 0.5) is 8.78 Å². The van der Waals surface area contributed by atoms with Gasteiger partial charge in [-0.1, -0.05) is 0 Å². The van der Waals surface area contributed by atoms with Gasteiger partial charge in [-0.2, -0.15) is 10.2 Å². The molecule has 1 amide bonds. The summed E-state index contributed by atoms with van der Waals surface area (Å²) in [5, 5.41) is 16.7. The van der Waals surface area contributed by atoms with E-state index < -0.39 is 18.4 Å². The average Bonchev–Trinajstić information content (AvgIpc) is 3.63. The Hall–Kier alpha value is -4.42. The molecule has 1 atom stereocenters. The Morgan fingerprint density at radius 3 is 2.89 bits per heavy atom. The molecule has 0 aliphatic carbocycles. The Morgan fingerprint density at radius 2 is 2.11 bits per heavy atom. The van der Waals surface area contributed by atoms with Gasteiger partial charge in [-0.3, -0.25) is 9.48 Å². The molecule has 0 spiro atoms. The minimum atomic E-state index is -2.67. The molecule has 178 valence electrons. The Labute approximate surface area is 196 Å². The van der Waals surface area contributed by atoms with Crippen LogP contribution >= 0.6 is 0 Å². The lowest BCUT2D eigenvalue weighted by molar-refractivity contribution is 0.0646. The lowest BCUT2D eigenvalue weighted by atomic mass is 9.99. The molecule has 1 N–H and O–H groups in total. The molecule has 0 bridgehead atoms. The van der Waals surface area contributed by atoms with Gasteiger partial charge in [0.15, 0.2) is 0 Å². The van der Waals surface area contributed by atoms with Crippen molar-refractivity contribution in [1.29, 1.82) is 0 Å². The molecule has 13 heteroatoms. The van der Waals surface area contributed by atoms with Gasteiger partial charge in [0.25, 0.3) is 12.3 Å². The number of H-pyrrole nitrogens is 1. The maximum absolute atomic E-state index is 13.6. The summed E-state index contributed by atoms with van der Waals surface area (Å²) in [6.45, 7) is 2.20. The number of halogens is 2. The summed E-state index contributed by atoms with van der Waals surface area (Å²) >= 11 is 0. The highest BCUT2D eigenvalue weighted by Gasteiger charge is 2.38. The third-order valence-corrected chi connectivity index (χ3v) is 6.20. The van der Waals surface area contributed by atoms with E-state index in [1.807, 2.05) is 6.92 Å². The number of aryl methyl sites for hydroxylation is 2. The first kappa shape index (κ1) is 21.1. The van der Waals surface area contributed by atoms with Crippen LogP contribution in [0, 0.1) is 6.92 Å². The smallest absolute Gasteiger partial charge is 0.312 e. The lowest BCUT2D eigenvalue weighted by Gasteiger charge is -2.32. The van der Waals surface area contributed by atoms with E-state index in [0.29, 0.717) is 30.0 Å². The molecule has 11 nitrogen and oxygen atoms in total. The number of alkyl halides is 2. The number of carbonyl (C=O) groups excluding carboxylic acids is 1. The third kappa shape index (κ3) is 3.38. The molecule has 0 unspecified atom stereocenters. The zero-order valence-electron chi connectivity index (χ0n) is 18.7. The molecular formula is C22H19F2N9O2. The molecule has 5 aromatic rings. The van der Waals surface area contributed by atoms with Crippen molar-refractivity contribution in [3.05, 3.63) is 71.0 Å². The van der Waals surface area contributed by atoms with Gasteiger partial charge in [-0.15, -0.1) is 10.2 Å². The number of aromatic amines is 1. The van der Waals surface area contributed by atoms with Gasteiger partial charge < -0.3 is 14.3 Å². The average molecular weight is 479 g/mol. The highest BCUT2D eigenvalue weighted by atomic mass is 19.3. The number of hydrogen-bond donors (Lipinski definition) is 1. The minimum absolute atomic E-state index is 0.125. The minimum Gasteiger partial charge on any atom is -0.411 e. The van der Waals surface area contributed by atoms with E-state index in [1.165, 1.54) is 21.5 Å². The van der Waals surface area contributed by atoms with Crippen LogP contribution in [0.25, 0.3) is 17.1 Å². The second-order valence-corrected chi connectivity index (χ2v) is 8.29. The molecule has 0 saturated heterocycles. The van der Waals surface area contributed by atoms with Gasteiger partial charge >= 0.3 is 11.8 Å². The standard InChI is InChI=1S/C22H19F2N9O2/c1-11-8-15(29-31(11)2)20-27-28-21(35-20)22(34)32-7-5-13-17(26-10-25-13)18(32)14-9-16-12(19(23)24)4-3-6-33(16)30-14/h3-4,6,8-10,18-19H,5,7H2,1-2H3,(H,25,26)/t18-/m0/s1. The number of aromatic nitrogens is 8. The van der Waals surface area contributed by atoms with Crippen molar-refractivity contribution in [2.75, 3.05) is 6.54 Å². The summed E-state index contributed by atoms with van der Waals surface area (Å²) in [6, 6.07) is 5.48. The molecular weight excluding hydrogens is 460 g/mol. The number of nitrogens with zero attached hydrogens (tertiary/aromatic N) is 8. The fraction of sp³-hybridized carbons (Fsp3) is 0.273. The van der Waals surface area contributed by atoms with E-state index in [2.05, 4.69) is 30.4 Å². The lowest BCUT2D eigenvalue weighted by Crippen LogP contribution is -2.41. The van der Waals surface area contributed by atoms with Crippen molar-refractivity contribution in [1.82, 2.24) is 44.5 Å². The van der Waals surface area contributed by atoms with Crippen LogP contribution in [0.1, 0.15) is 51.5 Å². The van der Waals surface area contributed by atoms with Crippen LogP contribution in [-0.4, -0.2) is 56.9 Å². The Morgan fingerprint density at radius 1 is 1.26 bits per heavy atom. The van der Waals surface area contributed by atoms with E-state index in [0.717, 1.165) is 11.4 Å². The molecule has 1 aliphatic heterocycles. The zero-order valence-corrected chi connectivity index (χ0v) is 18.7. The highest BCUT2D eigenvalue weighted by Crippen LogP contribution is 2.35. The van der Waals surface area contributed by atoms with Crippen LogP contribution in [-0.2, 0) is 13.5 Å². The highest BCUT2D eigenvalue weighted by molar-refractivity contribution is 5.90. The summed E-state index contributed by atoms with van der Waals surface area (Å²) in [6.07, 6.45) is 0.985. The Balaban J connectivity index is 1.41. The number of imidazole rings is 1. The first-order chi connectivity index (χ1) is 16.9. The maximum Gasteiger partial charge on any atom is 0.312 e. The molecule has 5 aromatic heterocycles. The normalized spacial score (nSPS) is 15.8. The van der Waals surface area contributed by atoms with Crippen molar-refractivity contribution in [3.8, 4) is 11.6 Å². The first-order valence-corrected chi connectivity index (χ1v) is 10.8. The van der Waals surface area contributed by atoms with Crippen LogP contribution in [0.3, 0.4) is 0 Å². The molecule has 35 heavy (non-hydrogen) atoms. The quantitative estimate of drug-likeness (QED) is 0.420. The summed E-state index contributed by atoms with van der Waals surface area (Å²) in [5.74, 6) is -0.592. The number of pyridine rings is 1. The molecule has 0 aromatic carbocycles. The number of nitrogens with one attached hydrogen (secondary N) is 1. The van der Waals surface area contributed by atoms with E-state index in [1.54, 1.807) is 36.4 Å². The monoisotopic (exact) mass is 479 g/mol. The summed E-state index contributed by atoms with van der Waals surface area (Å²) < 4.78 is 35.9. The largest absolute Gasteiger partial charge is 0.411 e. The van der Waals surface area contributed by atoms with Gasteiger partial charge in [-0.05, 0) is 31.2 Å². The van der Waals surface area contributed by atoms with Crippen LogP contribution < -0.4 is 0 Å². The van der Waals surface area contributed by atoms with Crippen molar-refractivity contribution in [2.24, 2.45) is 7.05 Å². The van der Waals surface area contributed by atoms with E-state index in [-0.39, 0.29) is 22.9 Å². The van der Waals surface area contributed by atoms with Gasteiger partial charge in [0, 0.05) is 43.2 Å². The Kier molecular flexibility index (Phi) is 4.72. The van der Waals surface area contributed by atoms with Crippen molar-refractivity contribution >= 4 is 11.4 Å². The molecule has 0 radical (unpaired) electrons. The Bertz CT molecular complexity index is 1540. The summed E-state index contributed by atoms with van der Waals surface area (Å²) in [7, 11) is 1.79. The van der Waals surface area contributed by atoms with E-state index in [9.17, 15) is 13.6 Å². The van der Waals surface area contributed by atoms with Crippen molar-refractivity contribution in [2.45, 2.75) is 25.8 Å². The predicted octanol–water partition coefficient (Wildman–Crippen LogP) is 2.87. The maximum atomic E-state index is 13.6. The molecule has 0 saturated carbocycles. The molecule has 6 heterocycles. The first-order valence-electron chi connectivity index (χ1n) is 10.8. The molecule has 1 aliphatic rings. The predicted molar refractivity (Wildman–Crippen MR) is 117 cm³/mol. The zero-order chi connectivity index (χ0) is 24.3. The van der Waals surface area contributed by atoms with Gasteiger partial charge in [-0.25, -0.2) is 18.3 Å². The fourth-order valence-electron chi connectivity index (χ4n) is 4.37. The second kappa shape index (κ2) is 7.82. The number of fused-ring (bicyclic) bond motifs is 2. The molecule has 0 fully saturated rings. The van der Waals surface area contributed by atoms with Gasteiger partial charge in [0.05, 0.1) is 23.2 Å². The third-order valence-electron chi connectivity index (χ3n) is 6.20. The topological polar surface area (TPSA) is 123 Å². The number of amides is 1. The van der Waals surface area contributed by atoms with Crippen LogP contribution in [0.15, 0.2) is 41.2 Å².